The summed E-state index contributed by atoms with van der Waals surface area (Å²) in [7, 11) is -2.39. The van der Waals surface area contributed by atoms with Crippen LogP contribution in [0.2, 0.25) is 0 Å². The van der Waals surface area contributed by atoms with Gasteiger partial charge in [0.05, 0.1) is 7.11 Å². The van der Waals surface area contributed by atoms with Crippen molar-refractivity contribution in [2.45, 2.75) is 10.9 Å². The second-order valence-corrected chi connectivity index (χ2v) is 6.51. The van der Waals surface area contributed by atoms with Crippen molar-refractivity contribution in [3.8, 4) is 0 Å². The molecular weight excluding hydrogens is 264 g/mol. The largest absolute Gasteiger partial charge is 0.465 e. The molecule has 1 aliphatic rings. The number of thiophene rings is 1. The molecule has 94 valence electrons. The third-order valence-corrected chi connectivity index (χ3v) is 5.39. The van der Waals surface area contributed by atoms with E-state index in [1.54, 1.807) is 5.38 Å². The Morgan fingerprint density at radius 2 is 2.24 bits per heavy atom. The van der Waals surface area contributed by atoms with Crippen molar-refractivity contribution in [3.63, 3.8) is 0 Å². The zero-order chi connectivity index (χ0) is 12.6. The van der Waals surface area contributed by atoms with Crippen LogP contribution in [0.15, 0.2) is 16.3 Å². The number of nitrogens with two attached hydrogens (primary N) is 1. The second-order valence-electron chi connectivity index (χ2n) is 3.69. The van der Waals surface area contributed by atoms with E-state index in [0.717, 1.165) is 11.3 Å². The minimum absolute atomic E-state index is 0.00116. The predicted octanol–water partition coefficient (Wildman–Crippen LogP) is -0.134. The maximum atomic E-state index is 12.1. The van der Waals surface area contributed by atoms with Gasteiger partial charge < -0.3 is 10.5 Å². The van der Waals surface area contributed by atoms with Gasteiger partial charge >= 0.3 is 5.97 Å². The lowest BCUT2D eigenvalue weighted by Gasteiger charge is -2.35. The summed E-state index contributed by atoms with van der Waals surface area (Å²) < 4.78 is 30.1. The van der Waals surface area contributed by atoms with Crippen LogP contribution in [0.5, 0.6) is 0 Å². The average molecular weight is 276 g/mol. The third-order valence-electron chi connectivity index (χ3n) is 2.49. The monoisotopic (exact) mass is 276 g/mol. The Labute approximate surface area is 103 Å². The van der Waals surface area contributed by atoms with E-state index in [0.29, 0.717) is 13.1 Å². The van der Waals surface area contributed by atoms with Gasteiger partial charge in [0.2, 0.25) is 10.0 Å². The van der Waals surface area contributed by atoms with E-state index in [9.17, 15) is 13.2 Å². The van der Waals surface area contributed by atoms with Gasteiger partial charge in [-0.15, -0.1) is 11.3 Å². The zero-order valence-electron chi connectivity index (χ0n) is 9.12. The number of carbonyl (C=O) groups is 1. The molecule has 1 aromatic rings. The highest BCUT2D eigenvalue weighted by atomic mass is 32.2. The highest BCUT2D eigenvalue weighted by Crippen LogP contribution is 2.28. The molecule has 17 heavy (non-hydrogen) atoms. The molecule has 6 nitrogen and oxygen atoms in total. The summed E-state index contributed by atoms with van der Waals surface area (Å²) in [5, 5.41) is 1.55. The minimum Gasteiger partial charge on any atom is -0.465 e. The number of hydrogen-bond donors (Lipinski definition) is 1. The molecule has 1 saturated heterocycles. The molecule has 0 saturated carbocycles. The molecule has 0 unspecified atom stereocenters. The molecule has 0 aliphatic carbocycles. The van der Waals surface area contributed by atoms with Crippen LogP contribution in [0.25, 0.3) is 0 Å². The maximum Gasteiger partial charge on any atom is 0.349 e. The van der Waals surface area contributed by atoms with Gasteiger partial charge in [-0.05, 0) is 11.4 Å². The second kappa shape index (κ2) is 4.37. The molecule has 0 spiro atoms. The van der Waals surface area contributed by atoms with Crippen molar-refractivity contribution in [2.75, 3.05) is 20.2 Å². The predicted molar refractivity (Wildman–Crippen MR) is 62.4 cm³/mol. The molecule has 1 aliphatic heterocycles. The Kier molecular flexibility index (Phi) is 3.21. The number of nitrogens with zero attached hydrogens (tertiary/aromatic N) is 1. The Bertz CT molecular complexity index is 531. The standard InChI is InChI=1S/C9H12N2O4S2/c1-15-9(12)8-7(2-3-16-8)17(13,14)11-4-6(10)5-11/h2-3,6H,4-5,10H2,1H3. The first-order valence-corrected chi connectivity index (χ1v) is 7.20. The van der Waals surface area contributed by atoms with E-state index in [2.05, 4.69) is 4.74 Å². The lowest BCUT2D eigenvalue weighted by molar-refractivity contribution is 0.0602. The quantitative estimate of drug-likeness (QED) is 0.776. The minimum atomic E-state index is -3.61. The molecule has 0 radical (unpaired) electrons. The molecule has 0 bridgehead atoms. The molecule has 2 rings (SSSR count). The number of sulfonamides is 1. The van der Waals surface area contributed by atoms with Crippen LogP contribution in [0.1, 0.15) is 9.67 Å². The van der Waals surface area contributed by atoms with E-state index < -0.39 is 16.0 Å². The van der Waals surface area contributed by atoms with E-state index >= 15 is 0 Å². The molecule has 1 fully saturated rings. The highest BCUT2D eigenvalue weighted by Gasteiger charge is 2.37. The molecule has 2 heterocycles. The number of hydrogen-bond acceptors (Lipinski definition) is 6. The summed E-state index contributed by atoms with van der Waals surface area (Å²) in [4.78, 5) is 11.5. The number of esters is 1. The number of ether oxygens (including phenoxy) is 1. The summed E-state index contributed by atoms with van der Waals surface area (Å²) >= 11 is 1.05. The van der Waals surface area contributed by atoms with Crippen molar-refractivity contribution in [3.05, 3.63) is 16.3 Å². The number of rotatable bonds is 3. The number of carbonyl (C=O) groups excluding carboxylic acids is 1. The molecule has 0 atom stereocenters. The molecule has 8 heteroatoms. The van der Waals surface area contributed by atoms with Crippen LogP contribution in [-0.2, 0) is 14.8 Å². The summed E-state index contributed by atoms with van der Waals surface area (Å²) in [5.74, 6) is -0.636. The summed E-state index contributed by atoms with van der Waals surface area (Å²) in [6.45, 7) is 0.581. The zero-order valence-corrected chi connectivity index (χ0v) is 10.8. The Balaban J connectivity index is 2.34. The van der Waals surface area contributed by atoms with Crippen molar-refractivity contribution in [1.82, 2.24) is 4.31 Å². The normalized spacial score (nSPS) is 17.8. The number of methoxy groups -OCH3 is 1. The molecule has 1 aromatic heterocycles. The summed E-state index contributed by atoms with van der Waals surface area (Å²) in [6, 6.07) is 1.29. The van der Waals surface area contributed by atoms with Crippen molar-refractivity contribution in [2.24, 2.45) is 5.73 Å². The van der Waals surface area contributed by atoms with Gasteiger partial charge in [0, 0.05) is 19.1 Å². The topological polar surface area (TPSA) is 89.7 Å². The first-order chi connectivity index (χ1) is 7.96. The Morgan fingerprint density at radius 3 is 2.76 bits per heavy atom. The maximum absolute atomic E-state index is 12.1. The van der Waals surface area contributed by atoms with E-state index in [1.165, 1.54) is 17.5 Å². The Morgan fingerprint density at radius 1 is 1.59 bits per heavy atom. The summed E-state index contributed by atoms with van der Waals surface area (Å²) in [6.07, 6.45) is 0. The summed E-state index contributed by atoms with van der Waals surface area (Å²) in [5.41, 5.74) is 5.55. The van der Waals surface area contributed by atoms with Crippen LogP contribution >= 0.6 is 11.3 Å². The molecule has 2 N–H and O–H groups in total. The van der Waals surface area contributed by atoms with E-state index in [-0.39, 0.29) is 15.8 Å². The van der Waals surface area contributed by atoms with Crippen LogP contribution < -0.4 is 5.73 Å². The van der Waals surface area contributed by atoms with Crippen LogP contribution in [0.3, 0.4) is 0 Å². The van der Waals surface area contributed by atoms with Gasteiger partial charge in [0.1, 0.15) is 9.77 Å². The van der Waals surface area contributed by atoms with Crippen molar-refractivity contribution in [1.29, 1.82) is 0 Å². The van der Waals surface area contributed by atoms with Gasteiger partial charge in [-0.2, -0.15) is 4.31 Å². The van der Waals surface area contributed by atoms with Gasteiger partial charge in [-0.1, -0.05) is 0 Å². The van der Waals surface area contributed by atoms with Crippen LogP contribution in [0, 0.1) is 0 Å². The lowest BCUT2D eigenvalue weighted by Crippen LogP contribution is -2.57. The van der Waals surface area contributed by atoms with E-state index in [4.69, 9.17) is 5.73 Å². The first kappa shape index (κ1) is 12.5. The molecule has 0 aromatic carbocycles. The van der Waals surface area contributed by atoms with Gasteiger partial charge in [-0.25, -0.2) is 13.2 Å². The smallest absolute Gasteiger partial charge is 0.349 e. The lowest BCUT2D eigenvalue weighted by atomic mass is 10.2. The van der Waals surface area contributed by atoms with Crippen LogP contribution in [0.4, 0.5) is 0 Å². The fourth-order valence-corrected chi connectivity index (χ4v) is 4.41. The van der Waals surface area contributed by atoms with Gasteiger partial charge in [0.15, 0.2) is 0 Å². The molecule has 0 amide bonds. The average Bonchev–Trinajstić information content (AvgIpc) is 2.73. The SMILES string of the molecule is COC(=O)c1sccc1S(=O)(=O)N1CC(N)C1. The van der Waals surface area contributed by atoms with Gasteiger partial charge in [-0.3, -0.25) is 0 Å². The van der Waals surface area contributed by atoms with Crippen LogP contribution in [-0.4, -0.2) is 44.9 Å². The highest BCUT2D eigenvalue weighted by molar-refractivity contribution is 7.89. The van der Waals surface area contributed by atoms with Crippen molar-refractivity contribution >= 4 is 27.3 Å². The van der Waals surface area contributed by atoms with Gasteiger partial charge in [0.25, 0.3) is 0 Å². The first-order valence-electron chi connectivity index (χ1n) is 4.88. The fraction of sp³-hybridized carbons (Fsp3) is 0.444. The molecular formula is C9H12N2O4S2. The fourth-order valence-electron chi connectivity index (χ4n) is 1.55. The Hall–Kier alpha value is -0.960. The van der Waals surface area contributed by atoms with E-state index in [1.807, 2.05) is 0 Å². The van der Waals surface area contributed by atoms with Crippen molar-refractivity contribution < 1.29 is 17.9 Å². The third kappa shape index (κ3) is 2.08.